The summed E-state index contributed by atoms with van der Waals surface area (Å²) in [4.78, 5) is 7.52. The summed E-state index contributed by atoms with van der Waals surface area (Å²) in [7, 11) is 1.67. The Hall–Kier alpha value is -2.43. The van der Waals surface area contributed by atoms with Crippen molar-refractivity contribution in [3.63, 3.8) is 0 Å². The standard InChI is InChI=1S/C19H20N2O2/c1-23-18(15-10-6-3-7-11-15)16-13-20-19(21-16)17(22)12-14-8-4-2-5-9-14/h2-11,13,17-18,22H,12H2,1H3,(H,20,21)/t17-,18-/m0/s1. The Morgan fingerprint density at radius 2 is 1.70 bits per heavy atom. The minimum Gasteiger partial charge on any atom is -0.385 e. The first-order chi connectivity index (χ1) is 11.3. The molecule has 0 aliphatic rings. The van der Waals surface area contributed by atoms with E-state index in [1.807, 2.05) is 60.7 Å². The summed E-state index contributed by atoms with van der Waals surface area (Å²) >= 11 is 0. The van der Waals surface area contributed by atoms with Gasteiger partial charge in [-0.15, -0.1) is 0 Å². The quantitative estimate of drug-likeness (QED) is 0.733. The fourth-order valence-corrected chi connectivity index (χ4v) is 2.66. The van der Waals surface area contributed by atoms with Crippen LogP contribution >= 0.6 is 0 Å². The Morgan fingerprint density at radius 1 is 1.04 bits per heavy atom. The lowest BCUT2D eigenvalue weighted by Gasteiger charge is -2.14. The second-order valence-corrected chi connectivity index (χ2v) is 5.46. The van der Waals surface area contributed by atoms with E-state index in [2.05, 4.69) is 9.97 Å². The molecule has 0 radical (unpaired) electrons. The largest absolute Gasteiger partial charge is 0.385 e. The molecular formula is C19H20N2O2. The van der Waals surface area contributed by atoms with Crippen LogP contribution in [0.15, 0.2) is 66.9 Å². The number of H-pyrrole nitrogens is 1. The number of benzene rings is 2. The smallest absolute Gasteiger partial charge is 0.135 e. The average molecular weight is 308 g/mol. The molecule has 2 atom stereocenters. The zero-order chi connectivity index (χ0) is 16.1. The van der Waals surface area contributed by atoms with E-state index in [1.54, 1.807) is 13.3 Å². The van der Waals surface area contributed by atoms with Crippen LogP contribution in [-0.2, 0) is 11.2 Å². The maximum atomic E-state index is 10.4. The summed E-state index contributed by atoms with van der Waals surface area (Å²) < 4.78 is 5.58. The summed E-state index contributed by atoms with van der Waals surface area (Å²) in [6.07, 6.45) is 1.36. The Labute approximate surface area is 135 Å². The van der Waals surface area contributed by atoms with Crippen LogP contribution in [0.3, 0.4) is 0 Å². The van der Waals surface area contributed by atoms with E-state index in [0.29, 0.717) is 12.2 Å². The van der Waals surface area contributed by atoms with E-state index in [-0.39, 0.29) is 6.10 Å². The summed E-state index contributed by atoms with van der Waals surface area (Å²) in [5.74, 6) is 0.557. The highest BCUT2D eigenvalue weighted by Crippen LogP contribution is 2.25. The van der Waals surface area contributed by atoms with Gasteiger partial charge in [0, 0.05) is 13.5 Å². The number of rotatable bonds is 6. The van der Waals surface area contributed by atoms with E-state index in [9.17, 15) is 5.11 Å². The van der Waals surface area contributed by atoms with E-state index in [4.69, 9.17) is 4.74 Å². The van der Waals surface area contributed by atoms with Crippen molar-refractivity contribution in [2.45, 2.75) is 18.6 Å². The third-order valence-corrected chi connectivity index (χ3v) is 3.82. The third-order valence-electron chi connectivity index (χ3n) is 3.82. The van der Waals surface area contributed by atoms with Crippen molar-refractivity contribution in [3.8, 4) is 0 Å². The highest BCUT2D eigenvalue weighted by Gasteiger charge is 2.18. The molecule has 4 nitrogen and oxygen atoms in total. The van der Waals surface area contributed by atoms with Crippen molar-refractivity contribution in [1.82, 2.24) is 9.97 Å². The predicted molar refractivity (Wildman–Crippen MR) is 89.0 cm³/mol. The van der Waals surface area contributed by atoms with Crippen LogP contribution in [0, 0.1) is 0 Å². The number of nitrogens with zero attached hydrogens (tertiary/aromatic N) is 1. The average Bonchev–Trinajstić information content (AvgIpc) is 3.07. The van der Waals surface area contributed by atoms with Gasteiger partial charge in [-0.25, -0.2) is 4.98 Å². The van der Waals surface area contributed by atoms with Crippen LogP contribution in [-0.4, -0.2) is 22.2 Å². The summed E-state index contributed by atoms with van der Waals surface area (Å²) in [6.45, 7) is 0. The molecule has 0 amide bonds. The monoisotopic (exact) mass is 308 g/mol. The molecule has 0 saturated carbocycles. The molecule has 1 aromatic heterocycles. The minimum absolute atomic E-state index is 0.221. The van der Waals surface area contributed by atoms with E-state index >= 15 is 0 Å². The van der Waals surface area contributed by atoms with Crippen LogP contribution in [0.25, 0.3) is 0 Å². The Morgan fingerprint density at radius 3 is 2.35 bits per heavy atom. The Kier molecular flexibility index (Phi) is 4.86. The molecule has 0 bridgehead atoms. The molecule has 0 saturated heterocycles. The maximum Gasteiger partial charge on any atom is 0.135 e. The molecule has 2 aromatic carbocycles. The van der Waals surface area contributed by atoms with E-state index < -0.39 is 6.10 Å². The Balaban J connectivity index is 1.77. The number of hydrogen-bond acceptors (Lipinski definition) is 3. The molecule has 118 valence electrons. The molecule has 0 aliphatic heterocycles. The fraction of sp³-hybridized carbons (Fsp3) is 0.211. The first kappa shape index (κ1) is 15.5. The lowest BCUT2D eigenvalue weighted by Crippen LogP contribution is -2.06. The topological polar surface area (TPSA) is 58.1 Å². The van der Waals surface area contributed by atoms with Gasteiger partial charge >= 0.3 is 0 Å². The minimum atomic E-state index is -0.667. The molecule has 23 heavy (non-hydrogen) atoms. The van der Waals surface area contributed by atoms with Crippen LogP contribution in [0.5, 0.6) is 0 Å². The number of ether oxygens (including phenoxy) is 1. The van der Waals surface area contributed by atoms with Gasteiger partial charge < -0.3 is 14.8 Å². The van der Waals surface area contributed by atoms with Gasteiger partial charge in [-0.3, -0.25) is 0 Å². The number of nitrogens with one attached hydrogen (secondary N) is 1. The molecule has 0 unspecified atom stereocenters. The number of aliphatic hydroxyl groups excluding tert-OH is 1. The van der Waals surface area contributed by atoms with E-state index in [0.717, 1.165) is 16.8 Å². The normalized spacial score (nSPS) is 13.7. The second kappa shape index (κ2) is 7.22. The number of aliphatic hydroxyl groups is 1. The van der Waals surface area contributed by atoms with Crippen LogP contribution in [0.1, 0.15) is 34.9 Å². The maximum absolute atomic E-state index is 10.4. The van der Waals surface area contributed by atoms with Gasteiger partial charge in [-0.05, 0) is 11.1 Å². The number of imidazole rings is 1. The SMILES string of the molecule is CO[C@@H](c1ccccc1)c1cnc([C@@H](O)Cc2ccccc2)[nH]1. The van der Waals surface area contributed by atoms with E-state index in [1.165, 1.54) is 0 Å². The van der Waals surface area contributed by atoms with Gasteiger partial charge in [-0.1, -0.05) is 60.7 Å². The third kappa shape index (κ3) is 3.67. The molecule has 1 heterocycles. The lowest BCUT2D eigenvalue weighted by atomic mass is 10.1. The molecule has 2 N–H and O–H groups in total. The highest BCUT2D eigenvalue weighted by molar-refractivity contribution is 5.26. The molecule has 3 aromatic rings. The van der Waals surface area contributed by atoms with Crippen LogP contribution in [0.2, 0.25) is 0 Å². The first-order valence-electron chi connectivity index (χ1n) is 7.62. The first-order valence-corrected chi connectivity index (χ1v) is 7.62. The summed E-state index contributed by atoms with van der Waals surface area (Å²) in [5.41, 5.74) is 2.95. The highest BCUT2D eigenvalue weighted by atomic mass is 16.5. The molecule has 0 spiro atoms. The van der Waals surface area contributed by atoms with Crippen LogP contribution in [0.4, 0.5) is 0 Å². The second-order valence-electron chi connectivity index (χ2n) is 5.46. The van der Waals surface area contributed by atoms with Gasteiger partial charge in [0.1, 0.15) is 18.0 Å². The van der Waals surface area contributed by atoms with Gasteiger partial charge in [0.05, 0.1) is 11.9 Å². The van der Waals surface area contributed by atoms with Crippen molar-refractivity contribution >= 4 is 0 Å². The number of aromatic nitrogens is 2. The fourth-order valence-electron chi connectivity index (χ4n) is 2.66. The van der Waals surface area contributed by atoms with Crippen molar-refractivity contribution < 1.29 is 9.84 Å². The van der Waals surface area contributed by atoms with Gasteiger partial charge in [0.15, 0.2) is 0 Å². The molecular weight excluding hydrogens is 288 g/mol. The predicted octanol–water partition coefficient (Wildman–Crippen LogP) is 3.42. The van der Waals surface area contributed by atoms with Crippen molar-refractivity contribution in [1.29, 1.82) is 0 Å². The van der Waals surface area contributed by atoms with Gasteiger partial charge in [0.25, 0.3) is 0 Å². The van der Waals surface area contributed by atoms with Crippen LogP contribution < -0.4 is 0 Å². The lowest BCUT2D eigenvalue weighted by molar-refractivity contribution is 0.132. The number of aromatic amines is 1. The summed E-state index contributed by atoms with van der Waals surface area (Å²) in [5, 5.41) is 10.4. The molecule has 0 aliphatic carbocycles. The van der Waals surface area contributed by atoms with Crippen molar-refractivity contribution in [2.75, 3.05) is 7.11 Å². The zero-order valence-electron chi connectivity index (χ0n) is 13.0. The Bertz CT molecular complexity index is 725. The molecule has 3 rings (SSSR count). The van der Waals surface area contributed by atoms with Crippen molar-refractivity contribution in [2.24, 2.45) is 0 Å². The van der Waals surface area contributed by atoms with Gasteiger partial charge in [-0.2, -0.15) is 0 Å². The summed E-state index contributed by atoms with van der Waals surface area (Å²) in [6, 6.07) is 19.8. The zero-order valence-corrected chi connectivity index (χ0v) is 13.0. The van der Waals surface area contributed by atoms with Gasteiger partial charge in [0.2, 0.25) is 0 Å². The van der Waals surface area contributed by atoms with Crippen molar-refractivity contribution in [3.05, 3.63) is 89.5 Å². The molecule has 0 fully saturated rings. The molecule has 4 heteroatoms. The number of hydrogen-bond donors (Lipinski definition) is 2. The number of methoxy groups -OCH3 is 1.